The third-order valence-electron chi connectivity index (χ3n) is 5.10. The van der Waals surface area contributed by atoms with Crippen molar-refractivity contribution in [2.45, 2.75) is 27.2 Å². The van der Waals surface area contributed by atoms with E-state index in [0.29, 0.717) is 18.1 Å². The maximum Gasteiger partial charge on any atom is 0.266 e. The lowest BCUT2D eigenvalue weighted by molar-refractivity contribution is -0.122. The monoisotopic (exact) mass is 430 g/mol. The molecule has 0 atom stereocenters. The second-order valence-electron chi connectivity index (χ2n) is 7.43. The molecule has 0 bridgehead atoms. The van der Waals surface area contributed by atoms with Gasteiger partial charge in [-0.3, -0.25) is 9.69 Å². The summed E-state index contributed by atoms with van der Waals surface area (Å²) in [6.45, 7) is 7.30. The molecule has 5 heteroatoms. The van der Waals surface area contributed by atoms with Crippen LogP contribution in [0, 0.1) is 6.92 Å². The van der Waals surface area contributed by atoms with E-state index >= 15 is 0 Å². The van der Waals surface area contributed by atoms with Crippen LogP contribution in [0.1, 0.15) is 31.4 Å². The SMILES string of the molecule is CCCN1C(=O)/C(=C\c2c(OCC)ccc3ccccc23)SC1=Nc1ccc(C)cc1. The molecule has 1 aliphatic rings. The van der Waals surface area contributed by atoms with Crippen molar-refractivity contribution >= 4 is 45.4 Å². The van der Waals surface area contributed by atoms with E-state index in [1.807, 2.05) is 55.5 Å². The summed E-state index contributed by atoms with van der Waals surface area (Å²) in [6, 6.07) is 20.2. The van der Waals surface area contributed by atoms with Gasteiger partial charge in [0.2, 0.25) is 0 Å². The number of amides is 1. The largest absolute Gasteiger partial charge is 0.493 e. The van der Waals surface area contributed by atoms with Crippen LogP contribution in [0.2, 0.25) is 0 Å². The van der Waals surface area contributed by atoms with Gasteiger partial charge in [-0.1, -0.05) is 55.0 Å². The third-order valence-corrected chi connectivity index (χ3v) is 6.11. The molecular weight excluding hydrogens is 404 g/mol. The number of hydrogen-bond acceptors (Lipinski definition) is 4. The summed E-state index contributed by atoms with van der Waals surface area (Å²) < 4.78 is 5.89. The molecule has 1 heterocycles. The number of amidine groups is 1. The number of hydrogen-bond donors (Lipinski definition) is 0. The first-order valence-electron chi connectivity index (χ1n) is 10.6. The molecule has 1 aliphatic heterocycles. The maximum atomic E-state index is 13.3. The highest BCUT2D eigenvalue weighted by Crippen LogP contribution is 2.38. The number of thioether (sulfide) groups is 1. The van der Waals surface area contributed by atoms with Gasteiger partial charge in [0.05, 0.1) is 17.2 Å². The van der Waals surface area contributed by atoms with Crippen molar-refractivity contribution < 1.29 is 9.53 Å². The van der Waals surface area contributed by atoms with E-state index in [1.54, 1.807) is 4.90 Å². The highest BCUT2D eigenvalue weighted by Gasteiger charge is 2.33. The summed E-state index contributed by atoms with van der Waals surface area (Å²) in [4.78, 5) is 20.5. The lowest BCUT2D eigenvalue weighted by Gasteiger charge is -2.14. The highest BCUT2D eigenvalue weighted by atomic mass is 32.2. The molecule has 0 N–H and O–H groups in total. The fourth-order valence-corrected chi connectivity index (χ4v) is 4.59. The average molecular weight is 431 g/mol. The fraction of sp³-hybridized carbons (Fsp3) is 0.231. The molecule has 31 heavy (non-hydrogen) atoms. The molecule has 4 nitrogen and oxygen atoms in total. The molecule has 1 amide bonds. The van der Waals surface area contributed by atoms with E-state index in [0.717, 1.165) is 39.4 Å². The molecule has 1 saturated heterocycles. The molecule has 0 unspecified atom stereocenters. The van der Waals surface area contributed by atoms with Gasteiger partial charge in [0.1, 0.15) is 5.75 Å². The van der Waals surface area contributed by atoms with Gasteiger partial charge in [0.25, 0.3) is 5.91 Å². The third kappa shape index (κ3) is 4.52. The van der Waals surface area contributed by atoms with Crippen molar-refractivity contribution in [3.8, 4) is 5.75 Å². The van der Waals surface area contributed by atoms with E-state index < -0.39 is 0 Å². The summed E-state index contributed by atoms with van der Waals surface area (Å²) in [5.74, 6) is 0.779. The number of aryl methyl sites for hydroxylation is 1. The number of carbonyl (C=O) groups is 1. The van der Waals surface area contributed by atoms with Crippen molar-refractivity contribution in [3.05, 3.63) is 76.7 Å². The van der Waals surface area contributed by atoms with E-state index in [1.165, 1.54) is 17.3 Å². The van der Waals surface area contributed by atoms with Crippen LogP contribution in [0.15, 0.2) is 70.6 Å². The molecule has 0 radical (unpaired) electrons. The Bertz CT molecular complexity index is 1170. The van der Waals surface area contributed by atoms with E-state index in [9.17, 15) is 4.79 Å². The van der Waals surface area contributed by atoms with Crippen LogP contribution in [-0.2, 0) is 4.79 Å². The lowest BCUT2D eigenvalue weighted by atomic mass is 10.0. The zero-order chi connectivity index (χ0) is 21.8. The first-order chi connectivity index (χ1) is 15.1. The molecule has 0 saturated carbocycles. The molecule has 158 valence electrons. The van der Waals surface area contributed by atoms with E-state index in [4.69, 9.17) is 9.73 Å². The standard InChI is InChI=1S/C26H26N2O2S/c1-4-16-28-25(29)24(31-26(28)27-20-13-10-18(3)11-14-20)17-22-21-9-7-6-8-19(21)12-15-23(22)30-5-2/h6-15,17H,4-5,16H2,1-3H3/b24-17+,27-26?. The first-order valence-corrected chi connectivity index (χ1v) is 11.4. The minimum atomic E-state index is -0.00639. The van der Waals surface area contributed by atoms with Crippen molar-refractivity contribution in [3.63, 3.8) is 0 Å². The van der Waals surface area contributed by atoms with E-state index in [2.05, 4.69) is 32.0 Å². The predicted molar refractivity (Wildman–Crippen MR) is 131 cm³/mol. The second-order valence-corrected chi connectivity index (χ2v) is 8.44. The lowest BCUT2D eigenvalue weighted by Crippen LogP contribution is -2.29. The Morgan fingerprint density at radius 1 is 1.03 bits per heavy atom. The number of fused-ring (bicyclic) bond motifs is 1. The van der Waals surface area contributed by atoms with Crippen LogP contribution in [0.5, 0.6) is 5.75 Å². The molecule has 3 aromatic carbocycles. The topological polar surface area (TPSA) is 41.9 Å². The summed E-state index contributed by atoms with van der Waals surface area (Å²) >= 11 is 1.43. The molecule has 3 aromatic rings. The number of ether oxygens (including phenoxy) is 1. The van der Waals surface area contributed by atoms with Gasteiger partial charge < -0.3 is 4.74 Å². The van der Waals surface area contributed by atoms with Crippen LogP contribution >= 0.6 is 11.8 Å². The summed E-state index contributed by atoms with van der Waals surface area (Å²) in [5.41, 5.74) is 2.97. The van der Waals surface area contributed by atoms with Crippen molar-refractivity contribution in [2.75, 3.05) is 13.2 Å². The second kappa shape index (κ2) is 9.40. The maximum absolute atomic E-state index is 13.3. The summed E-state index contributed by atoms with van der Waals surface area (Å²) in [6.07, 6.45) is 2.83. The van der Waals surface area contributed by atoms with Gasteiger partial charge in [-0.25, -0.2) is 4.99 Å². The molecule has 0 aromatic heterocycles. The quantitative estimate of drug-likeness (QED) is 0.416. The highest BCUT2D eigenvalue weighted by molar-refractivity contribution is 8.18. The summed E-state index contributed by atoms with van der Waals surface area (Å²) in [7, 11) is 0. The van der Waals surface area contributed by atoms with Gasteiger partial charge in [0, 0.05) is 12.1 Å². The number of aliphatic imine (C=N–C) groups is 1. The Morgan fingerprint density at radius 3 is 2.55 bits per heavy atom. The van der Waals surface area contributed by atoms with Gasteiger partial charge in [-0.15, -0.1) is 0 Å². The van der Waals surface area contributed by atoms with Gasteiger partial charge in [0.15, 0.2) is 5.17 Å². The number of carbonyl (C=O) groups excluding carboxylic acids is 1. The van der Waals surface area contributed by atoms with Crippen LogP contribution in [0.4, 0.5) is 5.69 Å². The average Bonchev–Trinajstić information content (AvgIpc) is 3.06. The van der Waals surface area contributed by atoms with Gasteiger partial charge in [-0.2, -0.15) is 0 Å². The molecule has 0 aliphatic carbocycles. The smallest absolute Gasteiger partial charge is 0.266 e. The minimum Gasteiger partial charge on any atom is -0.493 e. The molecule has 1 fully saturated rings. The number of nitrogens with zero attached hydrogens (tertiary/aromatic N) is 2. The van der Waals surface area contributed by atoms with Crippen LogP contribution in [0.25, 0.3) is 16.8 Å². The minimum absolute atomic E-state index is 0.00639. The van der Waals surface area contributed by atoms with Crippen molar-refractivity contribution in [1.82, 2.24) is 4.90 Å². The fourth-order valence-electron chi connectivity index (χ4n) is 3.58. The Labute approximate surface area is 187 Å². The Balaban J connectivity index is 1.78. The normalized spacial score (nSPS) is 16.6. The van der Waals surface area contributed by atoms with Crippen LogP contribution in [0.3, 0.4) is 0 Å². The molecule has 4 rings (SSSR count). The van der Waals surface area contributed by atoms with Gasteiger partial charge in [-0.05, 0) is 67.1 Å². The number of benzene rings is 3. The predicted octanol–water partition coefficient (Wildman–Crippen LogP) is 6.56. The number of rotatable bonds is 6. The van der Waals surface area contributed by atoms with Crippen molar-refractivity contribution in [1.29, 1.82) is 0 Å². The van der Waals surface area contributed by atoms with Crippen LogP contribution in [-0.4, -0.2) is 29.1 Å². The Kier molecular flexibility index (Phi) is 6.42. The van der Waals surface area contributed by atoms with E-state index in [-0.39, 0.29) is 5.91 Å². The molecule has 0 spiro atoms. The Hall–Kier alpha value is -3.05. The van der Waals surface area contributed by atoms with Crippen molar-refractivity contribution in [2.24, 2.45) is 4.99 Å². The zero-order valence-corrected chi connectivity index (χ0v) is 18.9. The Morgan fingerprint density at radius 2 is 1.81 bits per heavy atom. The van der Waals surface area contributed by atoms with Gasteiger partial charge >= 0.3 is 0 Å². The van der Waals surface area contributed by atoms with Crippen LogP contribution < -0.4 is 4.74 Å². The zero-order valence-electron chi connectivity index (χ0n) is 18.1. The molecular formula is C26H26N2O2S. The first kappa shape index (κ1) is 21.2. The summed E-state index contributed by atoms with van der Waals surface area (Å²) in [5, 5.41) is 2.91.